The maximum absolute atomic E-state index is 13.7. The summed E-state index contributed by atoms with van der Waals surface area (Å²) in [6.07, 6.45) is 0. The summed E-state index contributed by atoms with van der Waals surface area (Å²) >= 11 is 5.71. The fourth-order valence-electron chi connectivity index (χ4n) is 1.68. The van der Waals surface area contributed by atoms with Crippen LogP contribution in [0.25, 0.3) is 11.1 Å². The number of hydrogen-bond acceptors (Lipinski definition) is 1. The third kappa shape index (κ3) is 2.31. The molecule has 7 heteroatoms. The van der Waals surface area contributed by atoms with E-state index in [1.165, 1.54) is 13.2 Å². The summed E-state index contributed by atoms with van der Waals surface area (Å²) in [7, 11) is 1.27. The van der Waals surface area contributed by atoms with E-state index in [-0.39, 0.29) is 16.3 Å². The van der Waals surface area contributed by atoms with Crippen LogP contribution in [0.15, 0.2) is 18.2 Å². The van der Waals surface area contributed by atoms with Crippen LogP contribution in [0.3, 0.4) is 0 Å². The molecule has 106 valence electrons. The Labute approximate surface area is 115 Å². The first-order valence-corrected chi connectivity index (χ1v) is 5.61. The Morgan fingerprint density at radius 3 is 1.80 bits per heavy atom. The average Bonchev–Trinajstić information content (AvgIpc) is 2.42. The second-order valence-corrected chi connectivity index (χ2v) is 4.26. The van der Waals surface area contributed by atoms with Gasteiger partial charge in [-0.1, -0.05) is 11.6 Å². The number of methoxy groups -OCH3 is 1. The Hall–Kier alpha value is -1.82. The van der Waals surface area contributed by atoms with Gasteiger partial charge in [0.15, 0.2) is 23.3 Å². The highest BCUT2D eigenvalue weighted by molar-refractivity contribution is 6.31. The molecule has 20 heavy (non-hydrogen) atoms. The Morgan fingerprint density at radius 2 is 1.30 bits per heavy atom. The minimum absolute atomic E-state index is 0.0308. The van der Waals surface area contributed by atoms with E-state index in [9.17, 15) is 22.0 Å². The lowest BCUT2D eigenvalue weighted by Crippen LogP contribution is -2.04. The molecule has 0 saturated heterocycles. The van der Waals surface area contributed by atoms with E-state index in [1.807, 2.05) is 0 Å². The van der Waals surface area contributed by atoms with Gasteiger partial charge in [0.05, 0.1) is 12.7 Å². The van der Waals surface area contributed by atoms with E-state index in [0.717, 1.165) is 12.1 Å². The smallest absolute Gasteiger partial charge is 0.200 e. The van der Waals surface area contributed by atoms with Crippen LogP contribution >= 0.6 is 11.6 Å². The number of rotatable bonds is 2. The van der Waals surface area contributed by atoms with Crippen LogP contribution in [-0.4, -0.2) is 7.11 Å². The first-order valence-electron chi connectivity index (χ1n) is 5.23. The van der Waals surface area contributed by atoms with Crippen molar-refractivity contribution in [1.29, 1.82) is 0 Å². The van der Waals surface area contributed by atoms with Gasteiger partial charge in [-0.05, 0) is 23.8 Å². The molecular weight excluding hydrogens is 303 g/mol. The lowest BCUT2D eigenvalue weighted by atomic mass is 10.0. The number of ether oxygens (including phenoxy) is 1. The highest BCUT2D eigenvalue weighted by Crippen LogP contribution is 2.34. The van der Waals surface area contributed by atoms with Gasteiger partial charge in [0.25, 0.3) is 0 Å². The Balaban J connectivity index is 2.79. The van der Waals surface area contributed by atoms with Gasteiger partial charge in [0.2, 0.25) is 5.82 Å². The number of benzene rings is 2. The molecule has 0 amide bonds. The van der Waals surface area contributed by atoms with Crippen molar-refractivity contribution in [3.63, 3.8) is 0 Å². The van der Waals surface area contributed by atoms with E-state index in [2.05, 4.69) is 0 Å². The van der Waals surface area contributed by atoms with Crippen molar-refractivity contribution >= 4 is 11.6 Å². The fourth-order valence-corrected chi connectivity index (χ4v) is 1.91. The van der Waals surface area contributed by atoms with Crippen molar-refractivity contribution < 1.29 is 26.7 Å². The molecule has 1 nitrogen and oxygen atoms in total. The summed E-state index contributed by atoms with van der Waals surface area (Å²) in [5.41, 5.74) is -1.33. The highest BCUT2D eigenvalue weighted by Gasteiger charge is 2.26. The molecule has 0 aromatic heterocycles. The van der Waals surface area contributed by atoms with Gasteiger partial charge in [0, 0.05) is 5.02 Å². The summed E-state index contributed by atoms with van der Waals surface area (Å²) in [6, 6.07) is 3.52. The summed E-state index contributed by atoms with van der Waals surface area (Å²) in [6.45, 7) is 0. The van der Waals surface area contributed by atoms with E-state index in [1.54, 1.807) is 0 Å². The third-order valence-corrected chi connectivity index (χ3v) is 2.82. The van der Waals surface area contributed by atoms with Gasteiger partial charge in [-0.25, -0.2) is 22.0 Å². The fraction of sp³-hybridized carbons (Fsp3) is 0.0769. The average molecular weight is 309 g/mol. The van der Waals surface area contributed by atoms with Crippen molar-refractivity contribution in [3.8, 4) is 16.9 Å². The van der Waals surface area contributed by atoms with E-state index in [4.69, 9.17) is 16.3 Å². The molecule has 0 bridgehead atoms. The predicted molar refractivity (Wildman–Crippen MR) is 63.2 cm³/mol. The Kier molecular flexibility index (Phi) is 3.85. The van der Waals surface area contributed by atoms with Gasteiger partial charge >= 0.3 is 0 Å². The largest absolute Gasteiger partial charge is 0.497 e. The van der Waals surface area contributed by atoms with Crippen molar-refractivity contribution in [2.75, 3.05) is 7.11 Å². The molecule has 2 aromatic rings. The zero-order valence-electron chi connectivity index (χ0n) is 9.91. The van der Waals surface area contributed by atoms with Crippen LogP contribution < -0.4 is 4.74 Å². The van der Waals surface area contributed by atoms with Crippen molar-refractivity contribution in [3.05, 3.63) is 52.3 Å². The molecule has 0 spiro atoms. The molecule has 0 N–H and O–H groups in total. The third-order valence-electron chi connectivity index (χ3n) is 2.61. The highest BCUT2D eigenvalue weighted by atomic mass is 35.5. The maximum Gasteiger partial charge on any atom is 0.200 e. The van der Waals surface area contributed by atoms with Crippen molar-refractivity contribution in [2.45, 2.75) is 0 Å². The SMILES string of the molecule is COc1cc(Cl)cc(-c2c(F)c(F)c(F)c(F)c2F)c1. The molecule has 0 fully saturated rings. The molecular formula is C13H6ClF5O. The summed E-state index contributed by atoms with van der Waals surface area (Å²) in [5.74, 6) is -9.97. The second kappa shape index (κ2) is 5.28. The molecule has 2 aromatic carbocycles. The minimum atomic E-state index is -2.21. The molecule has 0 saturated carbocycles. The van der Waals surface area contributed by atoms with E-state index >= 15 is 0 Å². The molecule has 2 rings (SSSR count). The van der Waals surface area contributed by atoms with Gasteiger partial charge in [-0.3, -0.25) is 0 Å². The summed E-state index contributed by atoms with van der Waals surface area (Å²) in [5, 5.41) is 0.0308. The monoisotopic (exact) mass is 308 g/mol. The van der Waals surface area contributed by atoms with Gasteiger partial charge in [0.1, 0.15) is 5.75 Å². The molecule has 0 aliphatic carbocycles. The quantitative estimate of drug-likeness (QED) is 0.443. The number of halogens is 6. The second-order valence-electron chi connectivity index (χ2n) is 3.82. The molecule has 0 radical (unpaired) electrons. The van der Waals surface area contributed by atoms with Crippen LogP contribution in [0.1, 0.15) is 0 Å². The van der Waals surface area contributed by atoms with Gasteiger partial charge in [-0.15, -0.1) is 0 Å². The van der Waals surface area contributed by atoms with E-state index in [0.29, 0.717) is 0 Å². The standard InChI is InChI=1S/C13H6ClF5O/c1-20-7-3-5(2-6(14)4-7)8-9(15)11(17)13(19)12(18)10(8)16/h2-4H,1H3. The molecule has 0 heterocycles. The van der Waals surface area contributed by atoms with E-state index < -0.39 is 34.6 Å². The zero-order valence-corrected chi connectivity index (χ0v) is 10.7. The molecule has 0 aliphatic heterocycles. The minimum Gasteiger partial charge on any atom is -0.497 e. The molecule has 0 atom stereocenters. The van der Waals surface area contributed by atoms with Gasteiger partial charge in [-0.2, -0.15) is 0 Å². The predicted octanol–water partition coefficient (Wildman–Crippen LogP) is 4.71. The Morgan fingerprint density at radius 1 is 0.800 bits per heavy atom. The van der Waals surface area contributed by atoms with Crippen LogP contribution in [0, 0.1) is 29.1 Å². The maximum atomic E-state index is 13.7. The van der Waals surface area contributed by atoms with Crippen molar-refractivity contribution in [1.82, 2.24) is 0 Å². The lowest BCUT2D eigenvalue weighted by molar-refractivity contribution is 0.381. The lowest BCUT2D eigenvalue weighted by Gasteiger charge is -2.10. The molecule has 0 unspecified atom stereocenters. The normalized spacial score (nSPS) is 10.8. The first kappa shape index (κ1) is 14.6. The zero-order chi connectivity index (χ0) is 15.0. The van der Waals surface area contributed by atoms with Crippen LogP contribution in [0.4, 0.5) is 22.0 Å². The molecule has 0 aliphatic rings. The van der Waals surface area contributed by atoms with Crippen LogP contribution in [-0.2, 0) is 0 Å². The topological polar surface area (TPSA) is 9.23 Å². The first-order chi connectivity index (χ1) is 9.36. The van der Waals surface area contributed by atoms with Gasteiger partial charge < -0.3 is 4.74 Å². The summed E-state index contributed by atoms with van der Waals surface area (Å²) in [4.78, 5) is 0. The number of hydrogen-bond donors (Lipinski definition) is 0. The Bertz CT molecular complexity index is 658. The van der Waals surface area contributed by atoms with Crippen molar-refractivity contribution in [2.24, 2.45) is 0 Å². The van der Waals surface area contributed by atoms with Crippen LogP contribution in [0.5, 0.6) is 5.75 Å². The van der Waals surface area contributed by atoms with Crippen LogP contribution in [0.2, 0.25) is 5.02 Å². The summed E-state index contributed by atoms with van der Waals surface area (Å²) < 4.78 is 71.4.